The van der Waals surface area contributed by atoms with E-state index in [0.717, 1.165) is 23.3 Å². The molecule has 2 atom stereocenters. The Morgan fingerprint density at radius 2 is 1.70 bits per heavy atom. The molecule has 1 aliphatic carbocycles. The van der Waals surface area contributed by atoms with Crippen molar-refractivity contribution in [2.45, 2.75) is 48.5 Å². The maximum Gasteiger partial charge on any atom is 0.406 e. The summed E-state index contributed by atoms with van der Waals surface area (Å²) in [5, 5.41) is 0. The van der Waals surface area contributed by atoms with Gasteiger partial charge in [0.15, 0.2) is 9.84 Å². The van der Waals surface area contributed by atoms with Crippen molar-refractivity contribution in [2.75, 3.05) is 18.3 Å². The topological polar surface area (TPSA) is 115 Å². The number of alkyl halides is 3. The van der Waals surface area contributed by atoms with Crippen molar-refractivity contribution in [1.82, 2.24) is 9.88 Å². The predicted molar refractivity (Wildman–Crippen MR) is 137 cm³/mol. The Bertz CT molecular complexity index is 1560. The minimum Gasteiger partial charge on any atom is -0.495 e. The summed E-state index contributed by atoms with van der Waals surface area (Å²) in [6.45, 7) is -0.234. The largest absolute Gasteiger partial charge is 0.495 e. The first-order valence-corrected chi connectivity index (χ1v) is 14.0. The molecule has 2 aromatic carbocycles. The summed E-state index contributed by atoms with van der Waals surface area (Å²) < 4.78 is 101. The second-order valence-corrected chi connectivity index (χ2v) is 11.9. The summed E-state index contributed by atoms with van der Waals surface area (Å²) in [6, 6.07) is 10.3. The SMILES string of the molecule is COc1ccc(-c2ccc3c(n2)C(N)N(C2(C(F)(F)F)CC2)C(N)N3Cc2cc(F)cc(F)c2)cc1S(C)(=O)=O. The second-order valence-electron chi connectivity index (χ2n) is 9.94. The number of hydrogen-bond acceptors (Lipinski definition) is 8. The van der Waals surface area contributed by atoms with E-state index in [1.807, 2.05) is 0 Å². The number of nitrogens with two attached hydrogens (primary N) is 2. The molecule has 2 aliphatic rings. The third kappa shape index (κ3) is 4.78. The molecular formula is C26H26F5N5O3S. The number of pyridine rings is 1. The highest BCUT2D eigenvalue weighted by Crippen LogP contribution is 2.57. The third-order valence-electron chi connectivity index (χ3n) is 7.28. The number of anilines is 1. The molecule has 214 valence electrons. The molecule has 0 amide bonds. The van der Waals surface area contributed by atoms with Gasteiger partial charge in [-0.25, -0.2) is 27.1 Å². The lowest BCUT2D eigenvalue weighted by atomic mass is 10.0. The van der Waals surface area contributed by atoms with Crippen LogP contribution in [0.15, 0.2) is 53.4 Å². The number of hydrogen-bond donors (Lipinski definition) is 2. The van der Waals surface area contributed by atoms with Gasteiger partial charge in [0.2, 0.25) is 0 Å². The molecular weight excluding hydrogens is 557 g/mol. The molecule has 0 spiro atoms. The van der Waals surface area contributed by atoms with Gasteiger partial charge in [0.25, 0.3) is 0 Å². The highest BCUT2D eigenvalue weighted by atomic mass is 32.2. The summed E-state index contributed by atoms with van der Waals surface area (Å²) in [6.07, 6.45) is -6.89. The molecule has 0 saturated heterocycles. The van der Waals surface area contributed by atoms with Crippen LogP contribution in [-0.4, -0.2) is 49.7 Å². The molecule has 0 radical (unpaired) electrons. The van der Waals surface area contributed by atoms with Crippen LogP contribution in [0.3, 0.4) is 0 Å². The fourth-order valence-corrected chi connectivity index (χ4v) is 6.07. The average Bonchev–Trinajstić information content (AvgIpc) is 3.67. The van der Waals surface area contributed by atoms with E-state index in [0.29, 0.717) is 11.6 Å². The maximum absolute atomic E-state index is 14.3. The van der Waals surface area contributed by atoms with Crippen LogP contribution in [0.25, 0.3) is 11.3 Å². The van der Waals surface area contributed by atoms with E-state index in [2.05, 4.69) is 4.98 Å². The fourth-order valence-electron chi connectivity index (χ4n) is 5.21. The van der Waals surface area contributed by atoms with Gasteiger partial charge in [-0.3, -0.25) is 5.73 Å². The molecule has 1 saturated carbocycles. The number of methoxy groups -OCH3 is 1. The van der Waals surface area contributed by atoms with E-state index in [4.69, 9.17) is 16.2 Å². The van der Waals surface area contributed by atoms with Gasteiger partial charge in [0.05, 0.1) is 24.2 Å². The van der Waals surface area contributed by atoms with Crippen LogP contribution in [0.2, 0.25) is 0 Å². The van der Waals surface area contributed by atoms with Crippen LogP contribution >= 0.6 is 0 Å². The number of rotatable bonds is 6. The Morgan fingerprint density at radius 1 is 1.05 bits per heavy atom. The molecule has 4 N–H and O–H groups in total. The first-order valence-electron chi connectivity index (χ1n) is 12.1. The molecule has 1 aliphatic heterocycles. The van der Waals surface area contributed by atoms with E-state index in [1.54, 1.807) is 12.1 Å². The number of fused-ring (bicyclic) bond motifs is 1. The molecule has 3 aromatic rings. The third-order valence-corrected chi connectivity index (χ3v) is 8.39. The normalized spacial score (nSPS) is 20.8. The Labute approximate surface area is 227 Å². The van der Waals surface area contributed by atoms with Gasteiger partial charge in [-0.2, -0.15) is 13.2 Å². The number of halogens is 5. The zero-order valence-electron chi connectivity index (χ0n) is 21.4. The number of sulfone groups is 1. The van der Waals surface area contributed by atoms with Crippen molar-refractivity contribution in [3.63, 3.8) is 0 Å². The first-order chi connectivity index (χ1) is 18.7. The molecule has 0 bridgehead atoms. The summed E-state index contributed by atoms with van der Waals surface area (Å²) in [7, 11) is -2.37. The van der Waals surface area contributed by atoms with Crippen molar-refractivity contribution in [3.05, 3.63) is 71.4 Å². The predicted octanol–water partition coefficient (Wildman–Crippen LogP) is 4.06. The molecule has 14 heteroatoms. The molecule has 2 unspecified atom stereocenters. The smallest absolute Gasteiger partial charge is 0.406 e. The van der Waals surface area contributed by atoms with Gasteiger partial charge in [-0.1, -0.05) is 0 Å². The van der Waals surface area contributed by atoms with Crippen molar-refractivity contribution < 1.29 is 35.1 Å². The van der Waals surface area contributed by atoms with Crippen LogP contribution in [0.4, 0.5) is 27.6 Å². The fraction of sp³-hybridized carbons (Fsp3) is 0.346. The lowest BCUT2D eigenvalue weighted by Crippen LogP contribution is -2.67. The van der Waals surface area contributed by atoms with Crippen LogP contribution < -0.4 is 21.1 Å². The van der Waals surface area contributed by atoms with Gasteiger partial charge in [0.1, 0.15) is 40.3 Å². The molecule has 40 heavy (non-hydrogen) atoms. The van der Waals surface area contributed by atoms with E-state index < -0.39 is 45.6 Å². The monoisotopic (exact) mass is 583 g/mol. The van der Waals surface area contributed by atoms with Crippen LogP contribution in [-0.2, 0) is 16.4 Å². The first kappa shape index (κ1) is 28.2. The van der Waals surface area contributed by atoms with E-state index in [-0.39, 0.29) is 52.7 Å². The average molecular weight is 584 g/mol. The Balaban J connectivity index is 1.65. The van der Waals surface area contributed by atoms with Crippen molar-refractivity contribution in [2.24, 2.45) is 11.5 Å². The molecule has 1 aromatic heterocycles. The second kappa shape index (κ2) is 9.65. The summed E-state index contributed by atoms with van der Waals surface area (Å²) >= 11 is 0. The van der Waals surface area contributed by atoms with E-state index in [9.17, 15) is 30.4 Å². The summed E-state index contributed by atoms with van der Waals surface area (Å²) in [4.78, 5) is 6.78. The van der Waals surface area contributed by atoms with Gasteiger partial charge in [-0.05, 0) is 60.9 Å². The number of benzene rings is 2. The quantitative estimate of drug-likeness (QED) is 0.418. The van der Waals surface area contributed by atoms with Crippen molar-refractivity contribution in [3.8, 4) is 17.0 Å². The number of ether oxygens (including phenoxy) is 1. The zero-order valence-corrected chi connectivity index (χ0v) is 22.2. The van der Waals surface area contributed by atoms with Gasteiger partial charge in [0, 0.05) is 24.4 Å². The highest BCUT2D eigenvalue weighted by Gasteiger charge is 2.70. The van der Waals surface area contributed by atoms with Crippen LogP contribution in [0.1, 0.15) is 30.3 Å². The number of nitrogens with zero attached hydrogens (tertiary/aromatic N) is 3. The number of aromatic nitrogens is 1. The lowest BCUT2D eigenvalue weighted by Gasteiger charge is -2.50. The zero-order chi connectivity index (χ0) is 29.2. The van der Waals surface area contributed by atoms with Gasteiger partial charge >= 0.3 is 6.18 Å². The standard InChI is InChI=1S/C26H26F5N5O3S/c1-39-20-6-3-15(11-21(20)40(2,37)38)18-4-5-19-22(34-18)23(32)36(25(7-8-25)26(29,30)31)24(33)35(19)13-14-9-16(27)12-17(28)10-14/h3-6,9-12,23-24H,7-8,13,32-33H2,1-2H3. The van der Waals surface area contributed by atoms with Crippen molar-refractivity contribution >= 4 is 15.5 Å². The minimum absolute atomic E-state index is 0.0447. The van der Waals surface area contributed by atoms with E-state index >= 15 is 0 Å². The lowest BCUT2D eigenvalue weighted by molar-refractivity contribution is -0.211. The summed E-state index contributed by atoms with van der Waals surface area (Å²) in [5.41, 5.74) is 11.6. The molecule has 8 nitrogen and oxygen atoms in total. The van der Waals surface area contributed by atoms with Crippen LogP contribution in [0.5, 0.6) is 5.75 Å². The molecule has 2 heterocycles. The van der Waals surface area contributed by atoms with Crippen LogP contribution in [0, 0.1) is 11.6 Å². The van der Waals surface area contributed by atoms with E-state index in [1.165, 1.54) is 30.2 Å². The Hall–Kier alpha value is -3.33. The Kier molecular flexibility index (Phi) is 6.80. The Morgan fingerprint density at radius 3 is 2.25 bits per heavy atom. The van der Waals surface area contributed by atoms with Crippen molar-refractivity contribution in [1.29, 1.82) is 0 Å². The summed E-state index contributed by atoms with van der Waals surface area (Å²) in [5.74, 6) is -1.58. The highest BCUT2D eigenvalue weighted by molar-refractivity contribution is 7.90. The maximum atomic E-state index is 14.3. The molecule has 5 rings (SSSR count). The minimum atomic E-state index is -4.66. The van der Waals surface area contributed by atoms with Gasteiger partial charge < -0.3 is 15.4 Å². The molecule has 1 fully saturated rings. The van der Waals surface area contributed by atoms with Gasteiger partial charge in [-0.15, -0.1) is 0 Å².